The molecule has 4 nitrogen and oxygen atoms in total. The van der Waals surface area contributed by atoms with Crippen molar-refractivity contribution in [1.29, 1.82) is 0 Å². The maximum absolute atomic E-state index is 9.76. The molecule has 1 aliphatic rings. The van der Waals surface area contributed by atoms with Gasteiger partial charge in [-0.25, -0.2) is 0 Å². The maximum atomic E-state index is 9.76. The largest absolute Gasteiger partial charge is 0.490 e. The molecule has 0 radical (unpaired) electrons. The van der Waals surface area contributed by atoms with Crippen molar-refractivity contribution < 1.29 is 14.7 Å². The van der Waals surface area contributed by atoms with Crippen LogP contribution in [0.2, 0.25) is 0 Å². The van der Waals surface area contributed by atoms with Crippen molar-refractivity contribution in [3.63, 3.8) is 0 Å². The molecule has 0 aromatic heterocycles. The molecule has 3 aromatic carbocycles. The van der Waals surface area contributed by atoms with Gasteiger partial charge in [0.15, 0.2) is 0 Å². The van der Waals surface area contributed by atoms with Crippen LogP contribution in [0.3, 0.4) is 0 Å². The lowest BCUT2D eigenvalue weighted by Gasteiger charge is -2.18. The fourth-order valence-corrected chi connectivity index (χ4v) is 3.97. The number of benzene rings is 3. The molecule has 0 bridgehead atoms. The summed E-state index contributed by atoms with van der Waals surface area (Å²) in [6.45, 7) is 6.57. The molecule has 0 spiro atoms. The van der Waals surface area contributed by atoms with E-state index in [1.54, 1.807) is 0 Å². The monoisotopic (exact) mass is 387 g/mol. The molecule has 29 heavy (non-hydrogen) atoms. The zero-order valence-electron chi connectivity index (χ0n) is 16.9. The normalized spacial score (nSPS) is 18.5. The van der Waals surface area contributed by atoms with Crippen LogP contribution in [-0.4, -0.2) is 23.6 Å². The van der Waals surface area contributed by atoms with Crippen molar-refractivity contribution in [3.8, 4) is 5.75 Å². The van der Waals surface area contributed by atoms with Crippen LogP contribution in [0.5, 0.6) is 5.75 Å². The zero-order chi connectivity index (χ0) is 20.4. The summed E-state index contributed by atoms with van der Waals surface area (Å²) in [5.74, 6) is 0.824. The fourth-order valence-electron chi connectivity index (χ4n) is 3.97. The highest BCUT2D eigenvalue weighted by atomic mass is 16.6. The first kappa shape index (κ1) is 19.2. The summed E-state index contributed by atoms with van der Waals surface area (Å²) in [7, 11) is 0. The number of hydrogen-bond donors (Lipinski definition) is 1. The number of hydrogen-bond acceptors (Lipinski definition) is 4. The Bertz CT molecular complexity index is 1030. The molecule has 4 heteroatoms. The van der Waals surface area contributed by atoms with Gasteiger partial charge in [0.25, 0.3) is 0 Å². The lowest BCUT2D eigenvalue weighted by molar-refractivity contribution is 0.258. The van der Waals surface area contributed by atoms with E-state index < -0.39 is 0 Å². The second kappa shape index (κ2) is 8.10. The first-order valence-corrected chi connectivity index (χ1v) is 9.82. The van der Waals surface area contributed by atoms with E-state index in [1.165, 1.54) is 5.56 Å². The van der Waals surface area contributed by atoms with E-state index in [9.17, 15) is 5.21 Å². The predicted octanol–water partition coefficient (Wildman–Crippen LogP) is 5.36. The van der Waals surface area contributed by atoms with Crippen LogP contribution in [0.25, 0.3) is 0 Å². The van der Waals surface area contributed by atoms with Crippen molar-refractivity contribution in [1.82, 2.24) is 0 Å². The molecule has 0 amide bonds. The van der Waals surface area contributed by atoms with Crippen LogP contribution in [-0.2, 0) is 4.74 Å². The molecule has 3 aromatic rings. The quantitative estimate of drug-likeness (QED) is 0.268. The molecule has 2 atom stereocenters. The second-order valence-corrected chi connectivity index (χ2v) is 7.47. The van der Waals surface area contributed by atoms with Gasteiger partial charge in [-0.05, 0) is 37.5 Å². The van der Waals surface area contributed by atoms with Crippen molar-refractivity contribution >= 4 is 5.71 Å². The fraction of sp³-hybridized carbons (Fsp3) is 0.240. The minimum atomic E-state index is 0.0565. The molecule has 1 N–H and O–H groups in total. The van der Waals surface area contributed by atoms with Gasteiger partial charge in [-0.15, -0.1) is 0 Å². The van der Waals surface area contributed by atoms with Gasteiger partial charge in [0.05, 0.1) is 0 Å². The SMILES string of the molecule is Cc1cc(C)c(C(=NO)c2ccccc2)c(C)c1OCC1OC1c1ccccc1. The van der Waals surface area contributed by atoms with Gasteiger partial charge < -0.3 is 14.7 Å². The second-order valence-electron chi connectivity index (χ2n) is 7.47. The van der Waals surface area contributed by atoms with Gasteiger partial charge in [-0.2, -0.15) is 0 Å². The summed E-state index contributed by atoms with van der Waals surface area (Å²) in [5, 5.41) is 13.4. The van der Waals surface area contributed by atoms with Gasteiger partial charge in [0, 0.05) is 16.7 Å². The van der Waals surface area contributed by atoms with Gasteiger partial charge in [0.2, 0.25) is 0 Å². The average molecular weight is 387 g/mol. The molecule has 2 unspecified atom stereocenters. The molecular formula is C25H25NO3. The molecule has 1 heterocycles. The zero-order valence-corrected chi connectivity index (χ0v) is 16.9. The standard InChI is InChI=1S/C25H25NO3/c1-16-14-17(2)24(28-15-21-25(29-21)20-12-8-5-9-13-20)18(3)22(16)23(26-27)19-10-6-4-7-11-19/h4-14,21,25,27H,15H2,1-3H3. The van der Waals surface area contributed by atoms with Gasteiger partial charge in [-0.1, -0.05) is 71.9 Å². The topological polar surface area (TPSA) is 54.4 Å². The molecule has 1 fully saturated rings. The summed E-state index contributed by atoms with van der Waals surface area (Å²) in [6, 6.07) is 22.0. The van der Waals surface area contributed by atoms with E-state index in [0.29, 0.717) is 12.3 Å². The molecule has 0 saturated carbocycles. The first-order chi connectivity index (χ1) is 14.1. The number of aryl methyl sites for hydroxylation is 2. The predicted molar refractivity (Wildman–Crippen MR) is 114 cm³/mol. The minimum Gasteiger partial charge on any atom is -0.490 e. The molecule has 148 valence electrons. The Hall–Kier alpha value is -3.11. The maximum Gasteiger partial charge on any atom is 0.125 e. The lowest BCUT2D eigenvalue weighted by Crippen LogP contribution is -2.13. The Labute approximate surface area is 171 Å². The number of ether oxygens (including phenoxy) is 2. The Kier molecular flexibility index (Phi) is 5.36. The highest BCUT2D eigenvalue weighted by Crippen LogP contribution is 2.39. The van der Waals surface area contributed by atoms with Gasteiger partial charge >= 0.3 is 0 Å². The third-order valence-electron chi connectivity index (χ3n) is 5.39. The highest BCUT2D eigenvalue weighted by molar-refractivity contribution is 6.14. The van der Waals surface area contributed by atoms with Crippen molar-refractivity contribution in [2.24, 2.45) is 5.16 Å². The van der Waals surface area contributed by atoms with Crippen LogP contribution in [0.1, 0.15) is 39.5 Å². The number of rotatable bonds is 6. The molecular weight excluding hydrogens is 362 g/mol. The minimum absolute atomic E-state index is 0.0565. The molecule has 1 saturated heterocycles. The van der Waals surface area contributed by atoms with E-state index in [2.05, 4.69) is 23.4 Å². The van der Waals surface area contributed by atoms with Crippen molar-refractivity contribution in [2.75, 3.05) is 6.61 Å². The number of oxime groups is 1. The summed E-state index contributed by atoms with van der Waals surface area (Å²) < 4.78 is 12.0. The molecule has 0 aliphatic carbocycles. The van der Waals surface area contributed by atoms with Crippen molar-refractivity contribution in [3.05, 3.63) is 100 Å². The Balaban J connectivity index is 1.58. The molecule has 4 rings (SSSR count). The van der Waals surface area contributed by atoms with E-state index in [-0.39, 0.29) is 12.2 Å². The lowest BCUT2D eigenvalue weighted by atomic mass is 9.91. The summed E-state index contributed by atoms with van der Waals surface area (Å²) in [6.07, 6.45) is 0.154. The number of nitrogens with zero attached hydrogens (tertiary/aromatic N) is 1. The Morgan fingerprint density at radius 2 is 1.62 bits per heavy atom. The third kappa shape index (κ3) is 3.89. The molecule has 1 aliphatic heterocycles. The smallest absolute Gasteiger partial charge is 0.125 e. The van der Waals surface area contributed by atoms with Crippen LogP contribution in [0.15, 0.2) is 71.9 Å². The van der Waals surface area contributed by atoms with E-state index in [0.717, 1.165) is 33.6 Å². The van der Waals surface area contributed by atoms with Crippen LogP contribution in [0, 0.1) is 20.8 Å². The van der Waals surface area contributed by atoms with Crippen LogP contribution >= 0.6 is 0 Å². The van der Waals surface area contributed by atoms with E-state index >= 15 is 0 Å². The van der Waals surface area contributed by atoms with Gasteiger partial charge in [0.1, 0.15) is 30.3 Å². The first-order valence-electron chi connectivity index (χ1n) is 9.82. The average Bonchev–Trinajstić information content (AvgIpc) is 3.52. The van der Waals surface area contributed by atoms with Crippen LogP contribution in [0.4, 0.5) is 0 Å². The summed E-state index contributed by atoms with van der Waals surface area (Å²) in [4.78, 5) is 0. The van der Waals surface area contributed by atoms with E-state index in [4.69, 9.17) is 9.47 Å². The number of epoxide rings is 1. The van der Waals surface area contributed by atoms with Crippen molar-refractivity contribution in [2.45, 2.75) is 33.0 Å². The summed E-state index contributed by atoms with van der Waals surface area (Å²) >= 11 is 0. The highest BCUT2D eigenvalue weighted by Gasteiger charge is 2.40. The Morgan fingerprint density at radius 3 is 2.28 bits per heavy atom. The third-order valence-corrected chi connectivity index (χ3v) is 5.39. The van der Waals surface area contributed by atoms with E-state index in [1.807, 2.05) is 69.3 Å². The summed E-state index contributed by atoms with van der Waals surface area (Å²) in [5.41, 5.74) is 6.57. The Morgan fingerprint density at radius 1 is 0.966 bits per heavy atom. The van der Waals surface area contributed by atoms with Gasteiger partial charge in [-0.3, -0.25) is 0 Å². The van der Waals surface area contributed by atoms with Crippen LogP contribution < -0.4 is 4.74 Å².